The normalized spacial score (nSPS) is 14.2. The van der Waals surface area contributed by atoms with Crippen LogP contribution in [0.4, 0.5) is 5.13 Å². The summed E-state index contributed by atoms with van der Waals surface area (Å²) < 4.78 is 12.0. The smallest absolute Gasteiger partial charge is 0.260 e. The van der Waals surface area contributed by atoms with Gasteiger partial charge < -0.3 is 9.47 Å². The second kappa shape index (κ2) is 11.3. The number of anilines is 1. The molecule has 32 heavy (non-hydrogen) atoms. The minimum Gasteiger partial charge on any atom is -0.494 e. The summed E-state index contributed by atoms with van der Waals surface area (Å²) in [5.41, 5.74) is 2.46. The van der Waals surface area contributed by atoms with Gasteiger partial charge in [-0.3, -0.25) is 14.6 Å². The Kier molecular flexibility index (Phi) is 8.73. The summed E-state index contributed by atoms with van der Waals surface area (Å²) in [4.78, 5) is 22.4. The van der Waals surface area contributed by atoms with Crippen LogP contribution in [0, 0.1) is 6.92 Å². The third kappa shape index (κ3) is 5.53. The third-order valence-electron chi connectivity index (χ3n) is 5.42. The molecule has 0 N–H and O–H groups in total. The van der Waals surface area contributed by atoms with E-state index in [1.54, 1.807) is 36.3 Å². The maximum absolute atomic E-state index is 13.5. The number of methoxy groups -OCH3 is 1. The number of aryl methyl sites for hydroxylation is 1. The van der Waals surface area contributed by atoms with E-state index in [-0.39, 0.29) is 18.3 Å². The Morgan fingerprint density at radius 2 is 2.06 bits per heavy atom. The van der Waals surface area contributed by atoms with Crippen LogP contribution in [0.1, 0.15) is 22.3 Å². The number of hydrogen-bond donors (Lipinski definition) is 0. The first-order chi connectivity index (χ1) is 15.1. The number of rotatable bonds is 7. The predicted molar refractivity (Wildman–Crippen MR) is 133 cm³/mol. The molecule has 4 rings (SSSR count). The molecular weight excluding hydrogens is 469 g/mol. The van der Waals surface area contributed by atoms with E-state index in [4.69, 9.17) is 26.1 Å². The largest absolute Gasteiger partial charge is 0.494 e. The van der Waals surface area contributed by atoms with Crippen molar-refractivity contribution in [1.82, 2.24) is 9.88 Å². The number of fused-ring (bicyclic) bond motifs is 1. The number of amides is 1. The molecule has 2 heterocycles. The van der Waals surface area contributed by atoms with Crippen molar-refractivity contribution in [2.45, 2.75) is 13.3 Å². The zero-order chi connectivity index (χ0) is 21.8. The zero-order valence-corrected chi connectivity index (χ0v) is 20.6. The van der Waals surface area contributed by atoms with Gasteiger partial charge >= 0.3 is 0 Å². The van der Waals surface area contributed by atoms with Crippen molar-refractivity contribution in [2.24, 2.45) is 0 Å². The Morgan fingerprint density at radius 3 is 2.78 bits per heavy atom. The van der Waals surface area contributed by atoms with E-state index in [2.05, 4.69) is 4.90 Å². The molecule has 0 bridgehead atoms. The number of carbonyl (C=O) groups is 1. The van der Waals surface area contributed by atoms with E-state index in [1.165, 1.54) is 11.3 Å². The lowest BCUT2D eigenvalue weighted by Crippen LogP contribution is -2.39. The average molecular weight is 496 g/mol. The molecule has 0 saturated carbocycles. The number of carbonyl (C=O) groups excluding carboxylic acids is 1. The maximum atomic E-state index is 13.5. The van der Waals surface area contributed by atoms with Gasteiger partial charge in [0.15, 0.2) is 5.13 Å². The van der Waals surface area contributed by atoms with E-state index in [9.17, 15) is 4.79 Å². The summed E-state index contributed by atoms with van der Waals surface area (Å²) in [5, 5.41) is 1.22. The molecule has 0 unspecified atom stereocenters. The van der Waals surface area contributed by atoms with Crippen LogP contribution in [0.2, 0.25) is 5.02 Å². The van der Waals surface area contributed by atoms with Crippen LogP contribution in [0.5, 0.6) is 5.75 Å². The molecule has 172 valence electrons. The molecule has 2 aromatic carbocycles. The van der Waals surface area contributed by atoms with Gasteiger partial charge in [0.25, 0.3) is 5.91 Å². The van der Waals surface area contributed by atoms with Crippen molar-refractivity contribution in [1.29, 1.82) is 0 Å². The second-order valence-corrected chi connectivity index (χ2v) is 8.95. The van der Waals surface area contributed by atoms with Crippen molar-refractivity contribution >= 4 is 56.6 Å². The van der Waals surface area contributed by atoms with Crippen LogP contribution in [0.25, 0.3) is 10.2 Å². The van der Waals surface area contributed by atoms with Crippen molar-refractivity contribution < 1.29 is 14.3 Å². The fourth-order valence-corrected chi connectivity index (χ4v) is 4.98. The van der Waals surface area contributed by atoms with E-state index in [0.29, 0.717) is 28.0 Å². The van der Waals surface area contributed by atoms with Crippen LogP contribution in [-0.4, -0.2) is 62.3 Å². The van der Waals surface area contributed by atoms with Crippen LogP contribution >= 0.6 is 35.3 Å². The molecule has 0 aliphatic carbocycles. The lowest BCUT2D eigenvalue weighted by atomic mass is 10.2. The van der Waals surface area contributed by atoms with Gasteiger partial charge in [-0.1, -0.05) is 35.1 Å². The molecule has 6 nitrogen and oxygen atoms in total. The van der Waals surface area contributed by atoms with Crippen LogP contribution in [0.3, 0.4) is 0 Å². The topological polar surface area (TPSA) is 54.9 Å². The highest BCUT2D eigenvalue weighted by Gasteiger charge is 2.23. The van der Waals surface area contributed by atoms with Crippen molar-refractivity contribution in [2.75, 3.05) is 51.4 Å². The van der Waals surface area contributed by atoms with E-state index in [1.807, 2.05) is 19.1 Å². The molecular formula is C23H27Cl2N3O3S. The molecule has 1 amide bonds. The van der Waals surface area contributed by atoms with Gasteiger partial charge in [-0.2, -0.15) is 0 Å². The summed E-state index contributed by atoms with van der Waals surface area (Å²) in [5.74, 6) is 0.617. The van der Waals surface area contributed by atoms with Crippen LogP contribution in [-0.2, 0) is 4.74 Å². The number of morpholine rings is 1. The number of aromatic nitrogens is 1. The molecule has 1 aromatic heterocycles. The summed E-state index contributed by atoms with van der Waals surface area (Å²) in [6, 6.07) is 11.0. The molecule has 1 fully saturated rings. The van der Waals surface area contributed by atoms with Gasteiger partial charge in [-0.25, -0.2) is 4.98 Å². The number of halogens is 2. The molecule has 9 heteroatoms. The molecule has 0 spiro atoms. The second-order valence-electron chi connectivity index (χ2n) is 7.53. The lowest BCUT2D eigenvalue weighted by molar-refractivity contribution is 0.0376. The van der Waals surface area contributed by atoms with Crippen LogP contribution in [0.15, 0.2) is 36.4 Å². The maximum Gasteiger partial charge on any atom is 0.260 e. The van der Waals surface area contributed by atoms with Crippen LogP contribution < -0.4 is 9.64 Å². The molecule has 3 aromatic rings. The fourth-order valence-electron chi connectivity index (χ4n) is 3.72. The Balaban J connectivity index is 0.00000289. The zero-order valence-electron chi connectivity index (χ0n) is 18.2. The number of nitrogens with zero attached hydrogens (tertiary/aromatic N) is 3. The van der Waals surface area contributed by atoms with Crippen molar-refractivity contribution in [3.63, 3.8) is 0 Å². The standard InChI is InChI=1S/C23H26ClN3O3S.ClH/c1-16-7-8-19(29-2)20-21(16)31-23(25-20)27(10-4-9-26-11-13-30-14-12-26)22(28)17-5-3-6-18(24)15-17;/h3,5-8,15H,4,9-14H2,1-2H3;1H. The summed E-state index contributed by atoms with van der Waals surface area (Å²) in [6.45, 7) is 6.93. The van der Waals surface area contributed by atoms with Crippen molar-refractivity contribution in [3.8, 4) is 5.75 Å². The number of thiazole rings is 1. The minimum atomic E-state index is -0.0971. The lowest BCUT2D eigenvalue weighted by Gasteiger charge is -2.27. The van der Waals surface area contributed by atoms with E-state index < -0.39 is 0 Å². The number of hydrogen-bond acceptors (Lipinski definition) is 6. The van der Waals surface area contributed by atoms with Gasteiger partial charge in [0.1, 0.15) is 11.3 Å². The number of ether oxygens (including phenoxy) is 2. The Bertz CT molecular complexity index is 1070. The SMILES string of the molecule is COc1ccc(C)c2sc(N(CCCN3CCOCC3)C(=O)c3cccc(Cl)c3)nc12.Cl. The number of benzene rings is 2. The monoisotopic (exact) mass is 495 g/mol. The highest BCUT2D eigenvalue weighted by atomic mass is 35.5. The van der Waals surface area contributed by atoms with E-state index in [0.717, 1.165) is 55.0 Å². The summed E-state index contributed by atoms with van der Waals surface area (Å²) in [7, 11) is 1.64. The predicted octanol–water partition coefficient (Wildman–Crippen LogP) is 5.06. The molecule has 1 aliphatic heterocycles. The van der Waals surface area contributed by atoms with Gasteiger partial charge in [0.2, 0.25) is 0 Å². The minimum absolute atomic E-state index is 0. The van der Waals surface area contributed by atoms with Crippen molar-refractivity contribution in [3.05, 3.63) is 52.5 Å². The Hall–Kier alpha value is -1.90. The van der Waals surface area contributed by atoms with Gasteiger partial charge in [-0.05, 0) is 43.2 Å². The molecule has 1 aliphatic rings. The summed E-state index contributed by atoms with van der Waals surface area (Å²) in [6.07, 6.45) is 0.846. The highest BCUT2D eigenvalue weighted by Crippen LogP contribution is 2.37. The average Bonchev–Trinajstić information content (AvgIpc) is 3.23. The highest BCUT2D eigenvalue weighted by molar-refractivity contribution is 7.22. The molecule has 0 radical (unpaired) electrons. The Morgan fingerprint density at radius 1 is 1.28 bits per heavy atom. The Labute approximate surface area is 203 Å². The quantitative estimate of drug-likeness (QED) is 0.458. The van der Waals surface area contributed by atoms with Gasteiger partial charge in [0, 0.05) is 36.8 Å². The first kappa shape index (κ1) is 24.7. The van der Waals surface area contributed by atoms with Gasteiger partial charge in [0.05, 0.1) is 25.0 Å². The first-order valence-corrected chi connectivity index (χ1v) is 11.6. The summed E-state index contributed by atoms with van der Waals surface area (Å²) >= 11 is 7.67. The molecule has 0 atom stereocenters. The first-order valence-electron chi connectivity index (χ1n) is 10.4. The molecule has 1 saturated heterocycles. The third-order valence-corrected chi connectivity index (χ3v) is 6.87. The van der Waals surface area contributed by atoms with E-state index >= 15 is 0 Å². The fraction of sp³-hybridized carbons (Fsp3) is 0.391. The van der Waals surface area contributed by atoms with Gasteiger partial charge in [-0.15, -0.1) is 12.4 Å².